The number of hydrogen-bond acceptors (Lipinski definition) is 9. The summed E-state index contributed by atoms with van der Waals surface area (Å²) >= 11 is 6.12. The van der Waals surface area contributed by atoms with Crippen molar-refractivity contribution in [2.45, 2.75) is 25.3 Å². The smallest absolute Gasteiger partial charge is 0.333 e. The van der Waals surface area contributed by atoms with Crippen LogP contribution >= 0.6 is 11.6 Å². The van der Waals surface area contributed by atoms with E-state index in [9.17, 15) is 14.4 Å². The molecule has 0 aliphatic heterocycles. The molecule has 1 aliphatic carbocycles. The van der Waals surface area contributed by atoms with Gasteiger partial charge in [0.15, 0.2) is 21.8 Å². The van der Waals surface area contributed by atoms with Crippen LogP contribution in [0.25, 0.3) is 11.2 Å². The number of halogens is 1. The van der Waals surface area contributed by atoms with Crippen LogP contribution in [-0.4, -0.2) is 58.3 Å². The first-order chi connectivity index (χ1) is 14.3. The summed E-state index contributed by atoms with van der Waals surface area (Å²) in [6.07, 6.45) is 3.73. The van der Waals surface area contributed by atoms with E-state index in [1.165, 1.54) is 37.5 Å². The normalized spacial score (nSPS) is 22.5. The van der Waals surface area contributed by atoms with E-state index in [1.807, 2.05) is 0 Å². The van der Waals surface area contributed by atoms with E-state index in [-0.39, 0.29) is 35.8 Å². The third-order valence-electron chi connectivity index (χ3n) is 5.54. The largest absolute Gasteiger partial charge is 0.468 e. The third kappa shape index (κ3) is 2.94. The summed E-state index contributed by atoms with van der Waals surface area (Å²) in [5, 5.41) is 0.0955. The fourth-order valence-corrected chi connectivity index (χ4v) is 4.39. The molecule has 0 amide bonds. The summed E-state index contributed by atoms with van der Waals surface area (Å²) < 4.78 is 16.7. The molecular weight excluding hydrogens is 416 g/mol. The van der Waals surface area contributed by atoms with Gasteiger partial charge in [-0.1, -0.05) is 17.7 Å². The topological polar surface area (TPSA) is 123 Å². The number of allylic oxidation sites excluding steroid dienone is 1. The van der Waals surface area contributed by atoms with E-state index in [1.54, 1.807) is 6.92 Å². The van der Waals surface area contributed by atoms with Gasteiger partial charge in [0.05, 0.1) is 27.2 Å². The molecule has 0 aromatic carbocycles. The summed E-state index contributed by atoms with van der Waals surface area (Å²) in [6, 6.07) is 0. The number of nitrogens with zero attached hydrogens (tertiary/aromatic N) is 4. The van der Waals surface area contributed by atoms with Gasteiger partial charge in [-0.05, 0) is 13.3 Å². The van der Waals surface area contributed by atoms with Crippen molar-refractivity contribution in [3.8, 4) is 0 Å². The lowest BCUT2D eigenvalue weighted by Crippen LogP contribution is -2.48. The standard InChI is InChI=1S/C19H21ClN4O6/c1-5-11-7-18(15(25)28-3,16(26)29-4)8-19(11,17(27)30-6-2)24-10-23-12-13(20)21-9-22-14(12)24/h5,9-11H,1,6-8H2,2-4H3/t11-,19+/m0/s1. The first-order valence-corrected chi connectivity index (χ1v) is 9.50. The van der Waals surface area contributed by atoms with Gasteiger partial charge in [0.2, 0.25) is 0 Å². The molecule has 1 saturated carbocycles. The maximum Gasteiger partial charge on any atom is 0.333 e. The Kier molecular flexibility index (Phi) is 5.80. The van der Waals surface area contributed by atoms with E-state index < -0.39 is 34.8 Å². The highest BCUT2D eigenvalue weighted by atomic mass is 35.5. The average Bonchev–Trinajstić information content (AvgIpc) is 3.34. The van der Waals surface area contributed by atoms with Gasteiger partial charge in [-0.2, -0.15) is 0 Å². The monoisotopic (exact) mass is 436 g/mol. The molecule has 30 heavy (non-hydrogen) atoms. The lowest BCUT2D eigenvalue weighted by Gasteiger charge is -2.33. The van der Waals surface area contributed by atoms with Crippen LogP contribution in [-0.2, 0) is 34.1 Å². The van der Waals surface area contributed by atoms with Crippen LogP contribution in [0.3, 0.4) is 0 Å². The average molecular weight is 437 g/mol. The Hall–Kier alpha value is -3.01. The first-order valence-electron chi connectivity index (χ1n) is 9.13. The number of imidazole rings is 1. The number of hydrogen-bond donors (Lipinski definition) is 0. The van der Waals surface area contributed by atoms with Crippen molar-refractivity contribution in [3.05, 3.63) is 30.5 Å². The maximum absolute atomic E-state index is 13.4. The molecule has 160 valence electrons. The molecule has 11 heteroatoms. The molecule has 0 radical (unpaired) electrons. The highest BCUT2D eigenvalue weighted by Gasteiger charge is 2.67. The number of methoxy groups -OCH3 is 2. The SMILES string of the molecule is C=C[C@H]1CC(C(=O)OC)(C(=O)OC)C[C@@]1(C(=O)OCC)n1cnc2c(Cl)ncnc21. The molecule has 10 nitrogen and oxygen atoms in total. The minimum atomic E-state index is -1.75. The van der Waals surface area contributed by atoms with Gasteiger partial charge in [0.1, 0.15) is 11.8 Å². The van der Waals surface area contributed by atoms with E-state index in [4.69, 9.17) is 25.8 Å². The van der Waals surface area contributed by atoms with Gasteiger partial charge in [0, 0.05) is 12.3 Å². The van der Waals surface area contributed by atoms with Crippen LogP contribution in [0.5, 0.6) is 0 Å². The zero-order chi connectivity index (χ0) is 22.1. The molecule has 1 aliphatic rings. The minimum Gasteiger partial charge on any atom is -0.468 e. The Bertz CT molecular complexity index is 1010. The summed E-state index contributed by atoms with van der Waals surface area (Å²) in [4.78, 5) is 51.3. The zero-order valence-electron chi connectivity index (χ0n) is 16.8. The van der Waals surface area contributed by atoms with E-state index >= 15 is 0 Å². The highest BCUT2D eigenvalue weighted by molar-refractivity contribution is 6.33. The predicted molar refractivity (Wildman–Crippen MR) is 104 cm³/mol. The molecule has 0 unspecified atom stereocenters. The van der Waals surface area contributed by atoms with Gasteiger partial charge >= 0.3 is 17.9 Å². The highest BCUT2D eigenvalue weighted by Crippen LogP contribution is 2.55. The Balaban J connectivity index is 2.33. The van der Waals surface area contributed by atoms with Crippen LogP contribution in [0.2, 0.25) is 5.15 Å². The number of carbonyl (C=O) groups is 3. The molecule has 2 heterocycles. The molecule has 0 bridgehead atoms. The third-order valence-corrected chi connectivity index (χ3v) is 5.81. The van der Waals surface area contributed by atoms with Crippen molar-refractivity contribution >= 4 is 40.7 Å². The van der Waals surface area contributed by atoms with Gasteiger partial charge in [0.25, 0.3) is 0 Å². The van der Waals surface area contributed by atoms with Crippen molar-refractivity contribution in [2.24, 2.45) is 11.3 Å². The summed E-state index contributed by atoms with van der Waals surface area (Å²) in [6.45, 7) is 5.55. The van der Waals surface area contributed by atoms with Crippen molar-refractivity contribution < 1.29 is 28.6 Å². The molecular formula is C19H21ClN4O6. The van der Waals surface area contributed by atoms with Crippen LogP contribution in [0.15, 0.2) is 25.3 Å². The van der Waals surface area contributed by atoms with Gasteiger partial charge in [-0.3, -0.25) is 14.2 Å². The molecule has 2 aromatic heterocycles. The molecule has 2 aromatic rings. The Morgan fingerprint density at radius 3 is 2.47 bits per heavy atom. The van der Waals surface area contributed by atoms with Gasteiger partial charge in [-0.15, -0.1) is 6.58 Å². The van der Waals surface area contributed by atoms with Crippen molar-refractivity contribution in [1.82, 2.24) is 19.5 Å². The molecule has 0 spiro atoms. The van der Waals surface area contributed by atoms with Crippen LogP contribution < -0.4 is 0 Å². The second-order valence-electron chi connectivity index (χ2n) is 6.88. The predicted octanol–water partition coefficient (Wildman–Crippen LogP) is 1.67. The second kappa shape index (κ2) is 8.02. The summed E-state index contributed by atoms with van der Waals surface area (Å²) in [7, 11) is 2.33. The lowest BCUT2D eigenvalue weighted by atomic mass is 9.83. The quantitative estimate of drug-likeness (QED) is 0.218. The van der Waals surface area contributed by atoms with Gasteiger partial charge < -0.3 is 14.2 Å². The van der Waals surface area contributed by atoms with Gasteiger partial charge in [-0.25, -0.2) is 19.7 Å². The fraction of sp³-hybridized carbons (Fsp3) is 0.474. The van der Waals surface area contributed by atoms with Crippen LogP contribution in [0, 0.1) is 11.3 Å². The number of carbonyl (C=O) groups excluding carboxylic acids is 3. The summed E-state index contributed by atoms with van der Waals surface area (Å²) in [5.74, 6) is -3.01. The van der Waals surface area contributed by atoms with Crippen molar-refractivity contribution in [1.29, 1.82) is 0 Å². The Morgan fingerprint density at radius 1 is 1.23 bits per heavy atom. The number of rotatable bonds is 6. The molecule has 3 rings (SSSR count). The molecule has 0 N–H and O–H groups in total. The maximum atomic E-state index is 13.4. The van der Waals surface area contributed by atoms with Crippen LogP contribution in [0.4, 0.5) is 0 Å². The molecule has 0 saturated heterocycles. The summed E-state index contributed by atoms with van der Waals surface area (Å²) in [5.41, 5.74) is -2.80. The zero-order valence-corrected chi connectivity index (χ0v) is 17.5. The van der Waals surface area contributed by atoms with E-state index in [0.29, 0.717) is 0 Å². The number of fused-ring (bicyclic) bond motifs is 1. The minimum absolute atomic E-state index is 0.0762. The Morgan fingerprint density at radius 2 is 1.90 bits per heavy atom. The lowest BCUT2D eigenvalue weighted by molar-refractivity contribution is -0.170. The number of ether oxygens (including phenoxy) is 3. The van der Waals surface area contributed by atoms with Crippen molar-refractivity contribution in [3.63, 3.8) is 0 Å². The molecule has 2 atom stereocenters. The molecule has 1 fully saturated rings. The first kappa shape index (κ1) is 21.7. The van der Waals surface area contributed by atoms with E-state index in [2.05, 4.69) is 21.5 Å². The fourth-order valence-electron chi connectivity index (χ4n) is 4.21. The van der Waals surface area contributed by atoms with Crippen molar-refractivity contribution in [2.75, 3.05) is 20.8 Å². The second-order valence-corrected chi connectivity index (χ2v) is 7.24. The number of aromatic nitrogens is 4. The number of esters is 3. The Labute approximate surface area is 177 Å². The van der Waals surface area contributed by atoms with E-state index in [0.717, 1.165) is 0 Å². The van der Waals surface area contributed by atoms with Crippen LogP contribution in [0.1, 0.15) is 19.8 Å².